The average molecular weight is 219 g/mol. The molecule has 1 unspecified atom stereocenters. The molecule has 1 saturated carbocycles. The van der Waals surface area contributed by atoms with Gasteiger partial charge in [0.2, 0.25) is 10.0 Å². The maximum atomic E-state index is 11.9. The van der Waals surface area contributed by atoms with E-state index < -0.39 is 10.0 Å². The van der Waals surface area contributed by atoms with E-state index in [9.17, 15) is 8.42 Å². The molecule has 2 aliphatic rings. The average Bonchev–Trinajstić information content (AvgIpc) is 3.01. The van der Waals surface area contributed by atoms with Gasteiger partial charge in [-0.15, -0.1) is 0 Å². The summed E-state index contributed by atoms with van der Waals surface area (Å²) in [4.78, 5) is 0. The molecule has 1 saturated heterocycles. The van der Waals surface area contributed by atoms with Crippen LogP contribution in [-0.2, 0) is 14.8 Å². The molecule has 0 bridgehead atoms. The fourth-order valence-electron chi connectivity index (χ4n) is 1.75. The monoisotopic (exact) mass is 219 g/mol. The van der Waals surface area contributed by atoms with Crippen molar-refractivity contribution in [3.8, 4) is 0 Å². The maximum absolute atomic E-state index is 11.9. The molecule has 14 heavy (non-hydrogen) atoms. The number of sulfonamides is 1. The second kappa shape index (κ2) is 3.79. The van der Waals surface area contributed by atoms with Crippen LogP contribution in [0.5, 0.6) is 0 Å². The Morgan fingerprint density at radius 2 is 2.14 bits per heavy atom. The minimum Gasteiger partial charge on any atom is -0.375 e. The van der Waals surface area contributed by atoms with E-state index in [0.29, 0.717) is 19.7 Å². The molecule has 5 heteroatoms. The minimum atomic E-state index is -2.98. The van der Waals surface area contributed by atoms with Crippen LogP contribution in [0.3, 0.4) is 0 Å². The van der Waals surface area contributed by atoms with E-state index in [2.05, 4.69) is 0 Å². The van der Waals surface area contributed by atoms with Crippen LogP contribution in [0.2, 0.25) is 0 Å². The fraction of sp³-hybridized carbons (Fsp3) is 1.00. The SMILES string of the molecule is CCC1CN(S(=O)(=O)C2CC2)CCO1. The topological polar surface area (TPSA) is 46.6 Å². The van der Waals surface area contributed by atoms with Gasteiger partial charge in [-0.1, -0.05) is 6.92 Å². The number of morpholine rings is 1. The molecule has 1 atom stereocenters. The van der Waals surface area contributed by atoms with E-state index in [1.165, 1.54) is 0 Å². The minimum absolute atomic E-state index is 0.0851. The van der Waals surface area contributed by atoms with E-state index in [1.54, 1.807) is 4.31 Å². The number of ether oxygens (including phenoxy) is 1. The van der Waals surface area contributed by atoms with Crippen molar-refractivity contribution < 1.29 is 13.2 Å². The van der Waals surface area contributed by atoms with Crippen LogP contribution in [0.1, 0.15) is 26.2 Å². The van der Waals surface area contributed by atoms with Crippen molar-refractivity contribution in [2.24, 2.45) is 0 Å². The van der Waals surface area contributed by atoms with Crippen LogP contribution >= 0.6 is 0 Å². The molecule has 0 aromatic rings. The first-order valence-corrected chi connectivity index (χ1v) is 6.75. The van der Waals surface area contributed by atoms with Crippen LogP contribution in [0.25, 0.3) is 0 Å². The summed E-state index contributed by atoms with van der Waals surface area (Å²) in [5.41, 5.74) is 0. The highest BCUT2D eigenvalue weighted by atomic mass is 32.2. The highest BCUT2D eigenvalue weighted by Gasteiger charge is 2.41. The predicted molar refractivity (Wildman–Crippen MR) is 53.5 cm³/mol. The highest BCUT2D eigenvalue weighted by Crippen LogP contribution is 2.31. The Morgan fingerprint density at radius 3 is 2.71 bits per heavy atom. The van der Waals surface area contributed by atoms with Crippen molar-refractivity contribution in [1.29, 1.82) is 0 Å². The van der Waals surface area contributed by atoms with Crippen LogP contribution in [0, 0.1) is 0 Å². The molecule has 0 radical (unpaired) electrons. The van der Waals surface area contributed by atoms with Gasteiger partial charge in [-0.25, -0.2) is 8.42 Å². The molecular formula is C9H17NO3S. The molecule has 82 valence electrons. The van der Waals surface area contributed by atoms with Crippen molar-refractivity contribution in [3.05, 3.63) is 0 Å². The molecule has 0 N–H and O–H groups in total. The molecule has 0 spiro atoms. The molecule has 0 aromatic heterocycles. The lowest BCUT2D eigenvalue weighted by Crippen LogP contribution is -2.46. The highest BCUT2D eigenvalue weighted by molar-refractivity contribution is 7.90. The third kappa shape index (κ3) is 1.94. The van der Waals surface area contributed by atoms with E-state index in [-0.39, 0.29) is 11.4 Å². The Kier molecular flexibility index (Phi) is 2.81. The molecule has 1 aliphatic carbocycles. The first-order valence-electron chi connectivity index (χ1n) is 5.25. The van der Waals surface area contributed by atoms with Gasteiger partial charge in [0.25, 0.3) is 0 Å². The van der Waals surface area contributed by atoms with Crippen LogP contribution < -0.4 is 0 Å². The zero-order valence-electron chi connectivity index (χ0n) is 8.48. The normalized spacial score (nSPS) is 30.5. The van der Waals surface area contributed by atoms with Gasteiger partial charge in [0.15, 0.2) is 0 Å². The Bertz CT molecular complexity index is 297. The van der Waals surface area contributed by atoms with Crippen LogP contribution in [0.4, 0.5) is 0 Å². The van der Waals surface area contributed by atoms with Gasteiger partial charge in [-0.3, -0.25) is 0 Å². The van der Waals surface area contributed by atoms with E-state index in [1.807, 2.05) is 6.92 Å². The lowest BCUT2D eigenvalue weighted by Gasteiger charge is -2.31. The molecule has 2 rings (SSSR count). The van der Waals surface area contributed by atoms with Crippen molar-refractivity contribution in [2.75, 3.05) is 19.7 Å². The summed E-state index contributed by atoms with van der Waals surface area (Å²) in [6, 6.07) is 0. The van der Waals surface area contributed by atoms with Crippen molar-refractivity contribution >= 4 is 10.0 Å². The van der Waals surface area contributed by atoms with Gasteiger partial charge in [0.05, 0.1) is 18.0 Å². The summed E-state index contributed by atoms with van der Waals surface area (Å²) in [5, 5.41) is -0.0851. The molecule has 2 fully saturated rings. The summed E-state index contributed by atoms with van der Waals surface area (Å²) in [7, 11) is -2.98. The van der Waals surface area contributed by atoms with Crippen LogP contribution in [-0.4, -0.2) is 43.8 Å². The number of hydrogen-bond acceptors (Lipinski definition) is 3. The Balaban J connectivity index is 2.03. The number of hydrogen-bond donors (Lipinski definition) is 0. The first kappa shape index (κ1) is 10.4. The summed E-state index contributed by atoms with van der Waals surface area (Å²) in [5.74, 6) is 0. The smallest absolute Gasteiger partial charge is 0.217 e. The van der Waals surface area contributed by atoms with E-state index >= 15 is 0 Å². The second-order valence-electron chi connectivity index (χ2n) is 4.00. The third-order valence-corrected chi connectivity index (χ3v) is 5.23. The standard InChI is InChI=1S/C9H17NO3S/c1-2-8-7-10(5-6-13-8)14(11,12)9-3-4-9/h8-9H,2-7H2,1H3. The Morgan fingerprint density at radius 1 is 1.43 bits per heavy atom. The lowest BCUT2D eigenvalue weighted by atomic mass is 10.2. The number of rotatable bonds is 3. The summed E-state index contributed by atoms with van der Waals surface area (Å²) < 4.78 is 30.8. The van der Waals surface area contributed by atoms with Crippen molar-refractivity contribution in [1.82, 2.24) is 4.31 Å². The molecule has 4 nitrogen and oxygen atoms in total. The first-order chi connectivity index (χ1) is 6.64. The zero-order valence-corrected chi connectivity index (χ0v) is 9.29. The fourth-order valence-corrected chi connectivity index (χ4v) is 3.60. The van der Waals surface area contributed by atoms with Crippen LogP contribution in [0.15, 0.2) is 0 Å². The second-order valence-corrected chi connectivity index (χ2v) is 6.22. The van der Waals surface area contributed by atoms with E-state index in [4.69, 9.17) is 4.74 Å². The third-order valence-electron chi connectivity index (χ3n) is 2.86. The summed E-state index contributed by atoms with van der Waals surface area (Å²) in [6.45, 7) is 3.66. The van der Waals surface area contributed by atoms with Crippen molar-refractivity contribution in [2.45, 2.75) is 37.5 Å². The van der Waals surface area contributed by atoms with Gasteiger partial charge < -0.3 is 4.74 Å². The summed E-state index contributed by atoms with van der Waals surface area (Å²) >= 11 is 0. The molecule has 0 aromatic carbocycles. The largest absolute Gasteiger partial charge is 0.375 e. The molecule has 0 amide bonds. The van der Waals surface area contributed by atoms with Gasteiger partial charge in [-0.2, -0.15) is 4.31 Å². The quantitative estimate of drug-likeness (QED) is 0.698. The van der Waals surface area contributed by atoms with Gasteiger partial charge in [-0.05, 0) is 19.3 Å². The number of nitrogens with zero attached hydrogens (tertiary/aromatic N) is 1. The van der Waals surface area contributed by atoms with Gasteiger partial charge >= 0.3 is 0 Å². The Hall–Kier alpha value is -0.130. The van der Waals surface area contributed by atoms with Crippen molar-refractivity contribution in [3.63, 3.8) is 0 Å². The summed E-state index contributed by atoms with van der Waals surface area (Å²) in [6.07, 6.45) is 2.67. The van der Waals surface area contributed by atoms with E-state index in [0.717, 1.165) is 19.3 Å². The van der Waals surface area contributed by atoms with Gasteiger partial charge in [0, 0.05) is 13.1 Å². The molecule has 1 heterocycles. The molecule has 1 aliphatic heterocycles. The Labute approximate surface area is 85.3 Å². The lowest BCUT2D eigenvalue weighted by molar-refractivity contribution is -0.00282. The predicted octanol–water partition coefficient (Wildman–Crippen LogP) is 0.589. The maximum Gasteiger partial charge on any atom is 0.217 e. The van der Waals surface area contributed by atoms with Gasteiger partial charge in [0.1, 0.15) is 0 Å². The zero-order chi connectivity index (χ0) is 10.2. The molecular weight excluding hydrogens is 202 g/mol.